The number of rotatable bonds is 5. The minimum absolute atomic E-state index is 0.0497. The van der Waals surface area contributed by atoms with Crippen LogP contribution in [0.15, 0.2) is 42.9 Å². The summed E-state index contributed by atoms with van der Waals surface area (Å²) in [6.45, 7) is 2.11. The van der Waals surface area contributed by atoms with E-state index in [0.717, 1.165) is 48.4 Å². The molecule has 6 nitrogen and oxygen atoms in total. The first-order valence-corrected chi connectivity index (χ1v) is 11.6. The lowest BCUT2D eigenvalue weighted by Gasteiger charge is -2.20. The molecule has 1 saturated carbocycles. The van der Waals surface area contributed by atoms with Crippen LogP contribution >= 0.6 is 11.3 Å². The number of likely N-dealkylation sites (tertiary alicyclic amines) is 1. The highest BCUT2D eigenvalue weighted by atomic mass is 32.1. The number of carbonyl (C=O) groups is 2. The van der Waals surface area contributed by atoms with Gasteiger partial charge in [0.25, 0.3) is 5.91 Å². The van der Waals surface area contributed by atoms with Crippen LogP contribution in [0.5, 0.6) is 0 Å². The molecular weight excluding hydrogens is 396 g/mol. The molecule has 156 valence electrons. The van der Waals surface area contributed by atoms with Gasteiger partial charge in [0.2, 0.25) is 5.91 Å². The molecule has 30 heavy (non-hydrogen) atoms. The Kier molecular flexibility index (Phi) is 5.29. The minimum atomic E-state index is -0.0497. The lowest BCUT2D eigenvalue weighted by atomic mass is 10.1. The van der Waals surface area contributed by atoms with E-state index in [9.17, 15) is 9.59 Å². The van der Waals surface area contributed by atoms with E-state index in [1.807, 2.05) is 39.9 Å². The summed E-state index contributed by atoms with van der Waals surface area (Å²) in [7, 11) is 0. The van der Waals surface area contributed by atoms with Crippen LogP contribution in [0.1, 0.15) is 58.1 Å². The molecule has 1 saturated heterocycles. The SMILES string of the molecule is O=C(NCc1ccn2ccnc2c1)c1ccc(C2CCN(C(=O)C3CCCC3)C2)s1. The van der Waals surface area contributed by atoms with Gasteiger partial charge in [-0.15, -0.1) is 11.3 Å². The number of nitrogens with zero attached hydrogens (tertiary/aromatic N) is 3. The number of fused-ring (bicyclic) bond motifs is 1. The molecule has 2 aliphatic rings. The summed E-state index contributed by atoms with van der Waals surface area (Å²) < 4.78 is 1.94. The fraction of sp³-hybridized carbons (Fsp3) is 0.435. The van der Waals surface area contributed by atoms with Gasteiger partial charge < -0.3 is 14.6 Å². The second kappa shape index (κ2) is 8.22. The molecule has 4 heterocycles. The molecule has 0 spiro atoms. The van der Waals surface area contributed by atoms with Crippen LogP contribution in [0.4, 0.5) is 0 Å². The molecule has 7 heteroatoms. The number of thiophene rings is 1. The summed E-state index contributed by atoms with van der Waals surface area (Å²) in [6, 6.07) is 7.94. The van der Waals surface area contributed by atoms with E-state index >= 15 is 0 Å². The van der Waals surface area contributed by atoms with E-state index in [1.54, 1.807) is 17.5 Å². The van der Waals surface area contributed by atoms with Crippen LogP contribution in [-0.2, 0) is 11.3 Å². The maximum Gasteiger partial charge on any atom is 0.261 e. The van der Waals surface area contributed by atoms with Crippen molar-refractivity contribution in [2.45, 2.75) is 44.6 Å². The maximum absolute atomic E-state index is 12.7. The molecule has 1 aliphatic carbocycles. The summed E-state index contributed by atoms with van der Waals surface area (Å²) in [4.78, 5) is 33.6. The standard InChI is InChI=1S/C23H26N4O2S/c28-22(25-14-16-7-10-26-12-9-24-21(26)13-16)20-6-5-19(30-20)18-8-11-27(15-18)23(29)17-3-1-2-4-17/h5-7,9-10,12-13,17-18H,1-4,8,11,14-15H2,(H,25,28). The van der Waals surface area contributed by atoms with Crippen molar-refractivity contribution < 1.29 is 9.59 Å². The van der Waals surface area contributed by atoms with Crippen LogP contribution in [0, 0.1) is 5.92 Å². The Labute approximate surface area is 179 Å². The van der Waals surface area contributed by atoms with Gasteiger partial charge in [-0.1, -0.05) is 12.8 Å². The van der Waals surface area contributed by atoms with Gasteiger partial charge in [-0.05, 0) is 49.1 Å². The number of hydrogen-bond acceptors (Lipinski definition) is 4. The molecule has 1 aliphatic heterocycles. The third kappa shape index (κ3) is 3.86. The molecule has 3 aromatic rings. The third-order valence-electron chi connectivity index (χ3n) is 6.37. The highest BCUT2D eigenvalue weighted by Gasteiger charge is 2.33. The van der Waals surface area contributed by atoms with Crippen LogP contribution in [0.3, 0.4) is 0 Å². The molecule has 0 bridgehead atoms. The smallest absolute Gasteiger partial charge is 0.261 e. The van der Waals surface area contributed by atoms with Gasteiger partial charge in [-0.25, -0.2) is 4.98 Å². The summed E-state index contributed by atoms with van der Waals surface area (Å²) >= 11 is 1.56. The number of nitrogens with one attached hydrogen (secondary N) is 1. The predicted molar refractivity (Wildman–Crippen MR) is 117 cm³/mol. The topological polar surface area (TPSA) is 66.7 Å². The first-order chi connectivity index (χ1) is 14.7. The first kappa shape index (κ1) is 19.3. The predicted octanol–water partition coefficient (Wildman–Crippen LogP) is 3.83. The van der Waals surface area contributed by atoms with E-state index in [4.69, 9.17) is 0 Å². The number of aromatic nitrogens is 2. The number of hydrogen-bond donors (Lipinski definition) is 1. The van der Waals surface area contributed by atoms with E-state index < -0.39 is 0 Å². The summed E-state index contributed by atoms with van der Waals surface area (Å²) in [6.07, 6.45) is 11.1. The second-order valence-electron chi connectivity index (χ2n) is 8.36. The fourth-order valence-electron chi connectivity index (χ4n) is 4.65. The van der Waals surface area contributed by atoms with E-state index in [-0.39, 0.29) is 11.8 Å². The molecular formula is C23H26N4O2S. The second-order valence-corrected chi connectivity index (χ2v) is 9.48. The molecule has 1 N–H and O–H groups in total. The normalized spacial score (nSPS) is 19.6. The Bertz CT molecular complexity index is 1070. The molecule has 0 radical (unpaired) electrons. The van der Waals surface area contributed by atoms with Crippen molar-refractivity contribution in [2.75, 3.05) is 13.1 Å². The molecule has 2 amide bonds. The molecule has 2 fully saturated rings. The number of imidazole rings is 1. The van der Waals surface area contributed by atoms with Crippen molar-refractivity contribution in [2.24, 2.45) is 5.92 Å². The summed E-state index contributed by atoms with van der Waals surface area (Å²) in [5.74, 6) is 0.893. The van der Waals surface area contributed by atoms with Gasteiger partial charge in [0, 0.05) is 54.9 Å². The Morgan fingerprint density at radius 2 is 2.00 bits per heavy atom. The van der Waals surface area contributed by atoms with Gasteiger partial charge in [-0.2, -0.15) is 0 Å². The lowest BCUT2D eigenvalue weighted by molar-refractivity contribution is -0.134. The van der Waals surface area contributed by atoms with E-state index in [1.165, 1.54) is 17.7 Å². The zero-order valence-electron chi connectivity index (χ0n) is 16.9. The van der Waals surface area contributed by atoms with Crippen LogP contribution in [0.2, 0.25) is 0 Å². The van der Waals surface area contributed by atoms with Gasteiger partial charge in [-0.3, -0.25) is 9.59 Å². The monoisotopic (exact) mass is 422 g/mol. The largest absolute Gasteiger partial charge is 0.347 e. The zero-order valence-corrected chi connectivity index (χ0v) is 17.7. The molecule has 1 atom stereocenters. The minimum Gasteiger partial charge on any atom is -0.347 e. The Hall–Kier alpha value is -2.67. The number of amides is 2. The Morgan fingerprint density at radius 3 is 2.87 bits per heavy atom. The van der Waals surface area contributed by atoms with Gasteiger partial charge in [0.1, 0.15) is 5.65 Å². The van der Waals surface area contributed by atoms with Crippen LogP contribution < -0.4 is 5.32 Å². The van der Waals surface area contributed by atoms with Crippen molar-refractivity contribution in [3.05, 3.63) is 58.2 Å². The third-order valence-corrected chi connectivity index (χ3v) is 7.62. The van der Waals surface area contributed by atoms with Crippen molar-refractivity contribution in [3.8, 4) is 0 Å². The maximum atomic E-state index is 12.7. The number of pyridine rings is 1. The molecule has 0 aromatic carbocycles. The molecule has 1 unspecified atom stereocenters. The van der Waals surface area contributed by atoms with Crippen molar-refractivity contribution in [1.82, 2.24) is 19.6 Å². The quantitative estimate of drug-likeness (QED) is 0.680. The Balaban J connectivity index is 1.17. The summed E-state index contributed by atoms with van der Waals surface area (Å²) in [5.41, 5.74) is 1.90. The van der Waals surface area contributed by atoms with Gasteiger partial charge in [0.05, 0.1) is 4.88 Å². The van der Waals surface area contributed by atoms with E-state index in [2.05, 4.69) is 16.4 Å². The summed E-state index contributed by atoms with van der Waals surface area (Å²) in [5, 5.41) is 3.01. The molecule has 5 rings (SSSR count). The highest BCUT2D eigenvalue weighted by Crippen LogP contribution is 2.35. The first-order valence-electron chi connectivity index (χ1n) is 10.8. The van der Waals surface area contributed by atoms with Crippen LogP contribution in [-0.4, -0.2) is 39.2 Å². The van der Waals surface area contributed by atoms with Gasteiger partial charge in [0.15, 0.2) is 0 Å². The average molecular weight is 423 g/mol. The fourth-order valence-corrected chi connectivity index (χ4v) is 5.70. The lowest BCUT2D eigenvalue weighted by Crippen LogP contribution is -2.33. The highest BCUT2D eigenvalue weighted by molar-refractivity contribution is 7.14. The van der Waals surface area contributed by atoms with Gasteiger partial charge >= 0.3 is 0 Å². The average Bonchev–Trinajstić information content (AvgIpc) is 3.57. The van der Waals surface area contributed by atoms with Crippen molar-refractivity contribution in [1.29, 1.82) is 0 Å². The van der Waals surface area contributed by atoms with Crippen molar-refractivity contribution >= 4 is 28.8 Å². The van der Waals surface area contributed by atoms with Crippen LogP contribution in [0.25, 0.3) is 5.65 Å². The van der Waals surface area contributed by atoms with E-state index in [0.29, 0.717) is 18.4 Å². The Morgan fingerprint density at radius 1 is 1.13 bits per heavy atom. The molecule has 3 aromatic heterocycles. The van der Waals surface area contributed by atoms with Crippen molar-refractivity contribution in [3.63, 3.8) is 0 Å². The zero-order chi connectivity index (χ0) is 20.5. The number of carbonyl (C=O) groups excluding carboxylic acids is 2.